The fourth-order valence-corrected chi connectivity index (χ4v) is 3.30. The Hall–Kier alpha value is -0.900. The minimum absolute atomic E-state index is 0.0238. The third-order valence-electron chi connectivity index (χ3n) is 4.14. The Labute approximate surface area is 94.3 Å². The van der Waals surface area contributed by atoms with E-state index in [1.807, 2.05) is 0 Å². The Morgan fingerprint density at radius 1 is 1.31 bits per heavy atom. The topological polar surface area (TPSA) is 52.6 Å². The number of Topliss-reactive ketones (excluding diaryl/α,β-unsaturated/α-hetero) is 1. The molecule has 2 bridgehead atoms. The van der Waals surface area contributed by atoms with Gasteiger partial charge in [0.2, 0.25) is 5.78 Å². The minimum Gasteiger partial charge on any atom is -0.428 e. The highest BCUT2D eigenvalue weighted by Gasteiger charge is 2.45. The molecule has 0 amide bonds. The fraction of sp³-hybridized carbons (Fsp3) is 0.833. The summed E-state index contributed by atoms with van der Waals surface area (Å²) in [6.45, 7) is 0.382. The lowest BCUT2D eigenvalue weighted by molar-refractivity contribution is -0.180. The molecule has 1 heterocycles. The Morgan fingerprint density at radius 2 is 2.19 bits per heavy atom. The van der Waals surface area contributed by atoms with Crippen LogP contribution >= 0.6 is 0 Å². The first-order valence-electron chi connectivity index (χ1n) is 6.09. The summed E-state index contributed by atoms with van der Waals surface area (Å²) in [5, 5.41) is 0. The molecule has 0 spiro atoms. The maximum Gasteiger partial charge on any atom is 0.311 e. The highest BCUT2D eigenvalue weighted by atomic mass is 16.7. The van der Waals surface area contributed by atoms with Crippen molar-refractivity contribution in [2.75, 3.05) is 6.61 Å². The lowest BCUT2D eigenvalue weighted by atomic mass is 9.89. The molecule has 0 radical (unpaired) electrons. The van der Waals surface area contributed by atoms with Gasteiger partial charge in [-0.25, -0.2) is 0 Å². The van der Waals surface area contributed by atoms with Crippen LogP contribution in [0.25, 0.3) is 0 Å². The number of rotatable bonds is 2. The predicted octanol–water partition coefficient (Wildman–Crippen LogP) is 1.28. The van der Waals surface area contributed by atoms with Crippen LogP contribution in [0.1, 0.15) is 32.1 Å². The molecule has 88 valence electrons. The molecule has 2 saturated carbocycles. The Kier molecular flexibility index (Phi) is 2.46. The van der Waals surface area contributed by atoms with Crippen LogP contribution in [0.5, 0.6) is 0 Å². The van der Waals surface area contributed by atoms with E-state index in [1.165, 1.54) is 12.8 Å². The second kappa shape index (κ2) is 3.84. The molecule has 4 atom stereocenters. The van der Waals surface area contributed by atoms with Gasteiger partial charge in [0.15, 0.2) is 0 Å². The maximum absolute atomic E-state index is 11.9. The minimum atomic E-state index is -0.911. The lowest BCUT2D eigenvalue weighted by Crippen LogP contribution is -2.30. The van der Waals surface area contributed by atoms with E-state index in [0.29, 0.717) is 24.9 Å². The number of esters is 1. The van der Waals surface area contributed by atoms with Crippen LogP contribution in [0.15, 0.2) is 0 Å². The molecule has 4 nitrogen and oxygen atoms in total. The van der Waals surface area contributed by atoms with Gasteiger partial charge in [-0.1, -0.05) is 6.42 Å². The van der Waals surface area contributed by atoms with E-state index in [1.54, 1.807) is 0 Å². The molecule has 3 rings (SSSR count). The van der Waals surface area contributed by atoms with Crippen molar-refractivity contribution in [3.05, 3.63) is 0 Å². The molecule has 4 heteroatoms. The van der Waals surface area contributed by atoms with Gasteiger partial charge in [-0.05, 0) is 31.1 Å². The highest BCUT2D eigenvalue weighted by molar-refractivity contribution is 5.86. The summed E-state index contributed by atoms with van der Waals surface area (Å²) >= 11 is 0. The monoisotopic (exact) mass is 224 g/mol. The zero-order valence-corrected chi connectivity index (χ0v) is 9.19. The maximum atomic E-state index is 11.9. The lowest BCUT2D eigenvalue weighted by Gasteiger charge is -2.21. The van der Waals surface area contributed by atoms with Gasteiger partial charge in [-0.3, -0.25) is 9.59 Å². The van der Waals surface area contributed by atoms with E-state index >= 15 is 0 Å². The fourth-order valence-electron chi connectivity index (χ4n) is 3.30. The molecule has 1 aliphatic heterocycles. The summed E-state index contributed by atoms with van der Waals surface area (Å²) < 4.78 is 10.2. The van der Waals surface area contributed by atoms with Crippen molar-refractivity contribution in [1.82, 2.24) is 0 Å². The normalized spacial score (nSPS) is 41.6. The molecule has 1 saturated heterocycles. The first-order valence-corrected chi connectivity index (χ1v) is 6.09. The Bertz CT molecular complexity index is 325. The van der Waals surface area contributed by atoms with Crippen LogP contribution in [0, 0.1) is 17.8 Å². The van der Waals surface area contributed by atoms with Gasteiger partial charge in [0.05, 0.1) is 12.5 Å². The van der Waals surface area contributed by atoms with Crippen molar-refractivity contribution < 1.29 is 19.1 Å². The quantitative estimate of drug-likeness (QED) is 0.663. The molecule has 2 aliphatic carbocycles. The van der Waals surface area contributed by atoms with Gasteiger partial charge in [-0.15, -0.1) is 0 Å². The molecule has 16 heavy (non-hydrogen) atoms. The van der Waals surface area contributed by atoms with E-state index in [9.17, 15) is 9.59 Å². The largest absolute Gasteiger partial charge is 0.428 e. The van der Waals surface area contributed by atoms with Gasteiger partial charge in [0.1, 0.15) is 0 Å². The van der Waals surface area contributed by atoms with Crippen molar-refractivity contribution >= 4 is 11.8 Å². The average molecular weight is 224 g/mol. The summed E-state index contributed by atoms with van der Waals surface area (Å²) in [7, 11) is 0. The average Bonchev–Trinajstić information content (AvgIpc) is 2.95. The van der Waals surface area contributed by atoms with Gasteiger partial charge in [0.25, 0.3) is 6.29 Å². The number of ether oxygens (including phenoxy) is 2. The Balaban J connectivity index is 1.59. The molecule has 0 aromatic heterocycles. The number of ketones is 1. The van der Waals surface area contributed by atoms with Gasteiger partial charge in [-0.2, -0.15) is 0 Å². The molecule has 0 N–H and O–H groups in total. The third-order valence-corrected chi connectivity index (χ3v) is 4.14. The van der Waals surface area contributed by atoms with Crippen molar-refractivity contribution in [2.45, 2.75) is 38.4 Å². The van der Waals surface area contributed by atoms with Crippen LogP contribution in [0.4, 0.5) is 0 Å². The second-order valence-electron chi connectivity index (χ2n) is 5.14. The van der Waals surface area contributed by atoms with Gasteiger partial charge in [0, 0.05) is 6.42 Å². The zero-order chi connectivity index (χ0) is 11.1. The van der Waals surface area contributed by atoms with Gasteiger partial charge < -0.3 is 9.47 Å². The van der Waals surface area contributed by atoms with Crippen molar-refractivity contribution in [3.63, 3.8) is 0 Å². The van der Waals surface area contributed by atoms with E-state index in [2.05, 4.69) is 0 Å². The van der Waals surface area contributed by atoms with Crippen LogP contribution in [-0.4, -0.2) is 24.6 Å². The van der Waals surface area contributed by atoms with E-state index in [0.717, 1.165) is 12.8 Å². The van der Waals surface area contributed by atoms with Crippen molar-refractivity contribution in [2.24, 2.45) is 17.8 Å². The summed E-state index contributed by atoms with van der Waals surface area (Å²) in [5.74, 6) is 0.913. The molecular weight excluding hydrogens is 208 g/mol. The number of hydrogen-bond acceptors (Lipinski definition) is 4. The molecule has 4 unspecified atom stereocenters. The van der Waals surface area contributed by atoms with E-state index in [4.69, 9.17) is 9.47 Å². The molecule has 3 aliphatic rings. The number of fused-ring (bicyclic) bond motifs is 2. The van der Waals surface area contributed by atoms with Crippen LogP contribution < -0.4 is 0 Å². The predicted molar refractivity (Wildman–Crippen MR) is 54.4 cm³/mol. The summed E-state index contributed by atoms with van der Waals surface area (Å²) in [6.07, 6.45) is 3.97. The van der Waals surface area contributed by atoms with Crippen LogP contribution in [0.2, 0.25) is 0 Å². The first kappa shape index (κ1) is 10.3. The third kappa shape index (κ3) is 1.65. The summed E-state index contributed by atoms with van der Waals surface area (Å²) in [6, 6.07) is 0. The number of carbonyl (C=O) groups excluding carboxylic acids is 2. The SMILES string of the molecule is O=C1CCOC1OC(=O)C1CC2CCC1C2. The number of carbonyl (C=O) groups is 2. The van der Waals surface area contributed by atoms with Crippen LogP contribution in [-0.2, 0) is 19.1 Å². The van der Waals surface area contributed by atoms with Crippen molar-refractivity contribution in [1.29, 1.82) is 0 Å². The van der Waals surface area contributed by atoms with E-state index in [-0.39, 0.29) is 17.7 Å². The smallest absolute Gasteiger partial charge is 0.311 e. The molecule has 3 fully saturated rings. The second-order valence-corrected chi connectivity index (χ2v) is 5.14. The molecule has 0 aromatic rings. The highest BCUT2D eigenvalue weighted by Crippen LogP contribution is 2.48. The number of hydrogen-bond donors (Lipinski definition) is 0. The standard InChI is InChI=1S/C12H16O4/c13-10-3-4-15-12(10)16-11(14)9-6-7-1-2-8(9)5-7/h7-9,12H,1-6H2. The van der Waals surface area contributed by atoms with Gasteiger partial charge >= 0.3 is 5.97 Å². The summed E-state index contributed by atoms with van der Waals surface area (Å²) in [4.78, 5) is 23.2. The molecular formula is C12H16O4. The van der Waals surface area contributed by atoms with E-state index < -0.39 is 6.29 Å². The van der Waals surface area contributed by atoms with Crippen molar-refractivity contribution in [3.8, 4) is 0 Å². The molecule has 0 aromatic carbocycles. The van der Waals surface area contributed by atoms with Crippen LogP contribution in [0.3, 0.4) is 0 Å². The zero-order valence-electron chi connectivity index (χ0n) is 9.19. The Morgan fingerprint density at radius 3 is 2.75 bits per heavy atom. The summed E-state index contributed by atoms with van der Waals surface area (Å²) in [5.41, 5.74) is 0. The first-order chi connectivity index (χ1) is 7.74.